The second kappa shape index (κ2) is 6.92. The summed E-state index contributed by atoms with van der Waals surface area (Å²) < 4.78 is 11.3. The van der Waals surface area contributed by atoms with Crippen LogP contribution in [0.3, 0.4) is 0 Å². The van der Waals surface area contributed by atoms with E-state index >= 15 is 0 Å². The van der Waals surface area contributed by atoms with E-state index in [1.807, 2.05) is 12.1 Å². The van der Waals surface area contributed by atoms with Gasteiger partial charge < -0.3 is 14.8 Å². The highest BCUT2D eigenvalue weighted by Crippen LogP contribution is 2.25. The summed E-state index contributed by atoms with van der Waals surface area (Å²) in [5, 5.41) is 3.44. The molecule has 1 N–H and O–H groups in total. The van der Waals surface area contributed by atoms with Crippen molar-refractivity contribution in [1.29, 1.82) is 0 Å². The van der Waals surface area contributed by atoms with E-state index in [4.69, 9.17) is 9.47 Å². The van der Waals surface area contributed by atoms with Gasteiger partial charge in [0.15, 0.2) is 0 Å². The van der Waals surface area contributed by atoms with E-state index in [2.05, 4.69) is 52.1 Å². The van der Waals surface area contributed by atoms with Gasteiger partial charge in [0.05, 0.1) is 18.8 Å². The maximum absolute atomic E-state index is 6.14. The minimum Gasteiger partial charge on any atom is -0.497 e. The molecule has 0 radical (unpaired) electrons. The lowest BCUT2D eigenvalue weighted by molar-refractivity contribution is -0.0612. The van der Waals surface area contributed by atoms with Gasteiger partial charge in [-0.1, -0.05) is 26.0 Å². The first-order chi connectivity index (χ1) is 8.81. The lowest BCUT2D eigenvalue weighted by Crippen LogP contribution is -2.33. The lowest BCUT2D eigenvalue weighted by Gasteiger charge is -2.29. The first kappa shape index (κ1) is 16.0. The zero-order chi connectivity index (χ0) is 14.5. The quantitative estimate of drug-likeness (QED) is 0.853. The van der Waals surface area contributed by atoms with E-state index in [1.54, 1.807) is 7.11 Å². The molecule has 0 saturated carbocycles. The monoisotopic (exact) mass is 265 g/mol. The molecule has 0 aliphatic rings. The third-order valence-corrected chi connectivity index (χ3v) is 2.69. The van der Waals surface area contributed by atoms with E-state index in [0.29, 0.717) is 6.04 Å². The van der Waals surface area contributed by atoms with Crippen molar-refractivity contribution in [3.8, 4) is 5.75 Å². The third-order valence-electron chi connectivity index (χ3n) is 2.69. The highest BCUT2D eigenvalue weighted by Gasteiger charge is 2.20. The molecule has 0 aliphatic heterocycles. The summed E-state index contributed by atoms with van der Waals surface area (Å²) in [4.78, 5) is 0. The highest BCUT2D eigenvalue weighted by molar-refractivity contribution is 5.28. The molecule has 0 bridgehead atoms. The van der Waals surface area contributed by atoms with Gasteiger partial charge >= 0.3 is 0 Å². The van der Waals surface area contributed by atoms with Crippen LogP contribution < -0.4 is 10.1 Å². The normalized spacial score (nSPS) is 13.6. The first-order valence-electron chi connectivity index (χ1n) is 6.87. The Morgan fingerprint density at radius 3 is 2.11 bits per heavy atom. The molecule has 19 heavy (non-hydrogen) atoms. The Morgan fingerprint density at radius 2 is 1.68 bits per heavy atom. The summed E-state index contributed by atoms with van der Waals surface area (Å²) in [6.07, 6.45) is 0.0494. The zero-order valence-corrected chi connectivity index (χ0v) is 13.0. The molecule has 0 heterocycles. The molecule has 3 heteroatoms. The number of ether oxygens (including phenoxy) is 2. The maximum Gasteiger partial charge on any atom is 0.118 e. The Hall–Kier alpha value is -1.06. The van der Waals surface area contributed by atoms with Gasteiger partial charge in [-0.25, -0.2) is 0 Å². The molecule has 0 aliphatic carbocycles. The number of nitrogens with one attached hydrogen (secondary N) is 1. The topological polar surface area (TPSA) is 30.5 Å². The van der Waals surface area contributed by atoms with Gasteiger partial charge in [-0.3, -0.25) is 0 Å². The van der Waals surface area contributed by atoms with Crippen molar-refractivity contribution in [2.45, 2.75) is 52.4 Å². The van der Waals surface area contributed by atoms with Crippen LogP contribution in [-0.4, -0.2) is 25.3 Å². The lowest BCUT2D eigenvalue weighted by atomic mass is 10.1. The fourth-order valence-corrected chi connectivity index (χ4v) is 1.82. The molecule has 0 fully saturated rings. The minimum atomic E-state index is -0.163. The fraction of sp³-hybridized carbons (Fsp3) is 0.625. The van der Waals surface area contributed by atoms with Crippen molar-refractivity contribution in [2.24, 2.45) is 0 Å². The molecule has 108 valence electrons. The average molecular weight is 265 g/mol. The standard InChI is InChI=1S/C16H27NO2/c1-12(2)17-11-15(19-16(3,4)5)13-7-9-14(18-6)10-8-13/h7-10,12,15,17H,11H2,1-6H3. The second-order valence-corrected chi connectivity index (χ2v) is 6.05. The van der Waals surface area contributed by atoms with Gasteiger partial charge in [0, 0.05) is 12.6 Å². The van der Waals surface area contributed by atoms with Crippen LogP contribution in [0.4, 0.5) is 0 Å². The highest BCUT2D eigenvalue weighted by atomic mass is 16.5. The summed E-state index contributed by atoms with van der Waals surface area (Å²) in [6, 6.07) is 8.53. The molecule has 0 spiro atoms. The molecule has 1 rings (SSSR count). The minimum absolute atomic E-state index is 0.0494. The summed E-state index contributed by atoms with van der Waals surface area (Å²) in [7, 11) is 1.68. The van der Waals surface area contributed by atoms with Crippen molar-refractivity contribution in [2.75, 3.05) is 13.7 Å². The van der Waals surface area contributed by atoms with E-state index in [-0.39, 0.29) is 11.7 Å². The van der Waals surface area contributed by atoms with Gasteiger partial charge in [0.25, 0.3) is 0 Å². The summed E-state index contributed by atoms with van der Waals surface area (Å²) in [6.45, 7) is 11.3. The van der Waals surface area contributed by atoms with Crippen LogP contribution in [0.15, 0.2) is 24.3 Å². The Bertz CT molecular complexity index is 365. The van der Waals surface area contributed by atoms with Crippen molar-refractivity contribution < 1.29 is 9.47 Å². The van der Waals surface area contributed by atoms with Gasteiger partial charge in [0.2, 0.25) is 0 Å². The molecule has 3 nitrogen and oxygen atoms in total. The van der Waals surface area contributed by atoms with Crippen molar-refractivity contribution in [1.82, 2.24) is 5.32 Å². The summed E-state index contributed by atoms with van der Waals surface area (Å²) in [5.74, 6) is 0.870. The maximum atomic E-state index is 6.14. The predicted molar refractivity (Wildman–Crippen MR) is 79.7 cm³/mol. The van der Waals surface area contributed by atoms with Crippen LogP contribution in [0.25, 0.3) is 0 Å². The number of rotatable bonds is 6. The van der Waals surface area contributed by atoms with Crippen LogP contribution >= 0.6 is 0 Å². The Labute approximate surface area is 117 Å². The molecule has 1 aromatic carbocycles. The molecule has 1 aromatic rings. The van der Waals surface area contributed by atoms with E-state index < -0.39 is 0 Å². The Balaban J connectivity index is 2.81. The third kappa shape index (κ3) is 6.08. The van der Waals surface area contributed by atoms with E-state index in [0.717, 1.165) is 12.3 Å². The molecule has 0 saturated heterocycles. The SMILES string of the molecule is COc1ccc(C(CNC(C)C)OC(C)(C)C)cc1. The molecular formula is C16H27NO2. The van der Waals surface area contributed by atoms with Crippen LogP contribution in [0.2, 0.25) is 0 Å². The number of benzene rings is 1. The van der Waals surface area contributed by atoms with Gasteiger partial charge in [-0.15, -0.1) is 0 Å². The van der Waals surface area contributed by atoms with E-state index in [1.165, 1.54) is 5.56 Å². The fourth-order valence-electron chi connectivity index (χ4n) is 1.82. The van der Waals surface area contributed by atoms with Crippen LogP contribution in [0, 0.1) is 0 Å². The molecule has 1 atom stereocenters. The molecule has 0 aromatic heterocycles. The Morgan fingerprint density at radius 1 is 1.11 bits per heavy atom. The van der Waals surface area contributed by atoms with Crippen molar-refractivity contribution in [3.63, 3.8) is 0 Å². The first-order valence-corrected chi connectivity index (χ1v) is 6.87. The van der Waals surface area contributed by atoms with Gasteiger partial charge in [-0.05, 0) is 38.5 Å². The number of methoxy groups -OCH3 is 1. The van der Waals surface area contributed by atoms with Crippen molar-refractivity contribution in [3.05, 3.63) is 29.8 Å². The van der Waals surface area contributed by atoms with Crippen LogP contribution in [0.5, 0.6) is 5.75 Å². The second-order valence-electron chi connectivity index (χ2n) is 6.05. The van der Waals surface area contributed by atoms with Gasteiger partial charge in [0.1, 0.15) is 5.75 Å². The number of hydrogen-bond acceptors (Lipinski definition) is 3. The Kier molecular flexibility index (Phi) is 5.83. The zero-order valence-electron chi connectivity index (χ0n) is 13.0. The predicted octanol–water partition coefficient (Wildman–Crippen LogP) is 3.55. The molecule has 0 amide bonds. The number of hydrogen-bond donors (Lipinski definition) is 1. The van der Waals surface area contributed by atoms with Crippen LogP contribution in [-0.2, 0) is 4.74 Å². The summed E-state index contributed by atoms with van der Waals surface area (Å²) in [5.41, 5.74) is 1.01. The smallest absolute Gasteiger partial charge is 0.118 e. The van der Waals surface area contributed by atoms with Gasteiger partial charge in [-0.2, -0.15) is 0 Å². The van der Waals surface area contributed by atoms with E-state index in [9.17, 15) is 0 Å². The van der Waals surface area contributed by atoms with Crippen LogP contribution in [0.1, 0.15) is 46.3 Å². The average Bonchev–Trinajstić information content (AvgIpc) is 2.33. The molecular weight excluding hydrogens is 238 g/mol. The van der Waals surface area contributed by atoms with Crippen molar-refractivity contribution >= 4 is 0 Å². The summed E-state index contributed by atoms with van der Waals surface area (Å²) >= 11 is 0. The largest absolute Gasteiger partial charge is 0.497 e. The molecule has 1 unspecified atom stereocenters.